The molecule has 18 heteroatoms. The minimum atomic E-state index is -1.65. The predicted octanol–water partition coefficient (Wildman–Crippen LogP) is 0.659. The van der Waals surface area contributed by atoms with Crippen LogP contribution in [0.1, 0.15) is 59.4 Å². The zero-order chi connectivity index (χ0) is 42.1. The molecule has 7 unspecified atom stereocenters. The van der Waals surface area contributed by atoms with Crippen molar-refractivity contribution in [1.29, 1.82) is 0 Å². The molecule has 0 radical (unpaired) electrons. The van der Waals surface area contributed by atoms with E-state index in [2.05, 4.69) is 42.5 Å². The molecule has 1 saturated heterocycles. The minimum absolute atomic E-state index is 0.123. The number of primary amides is 2. The number of hydrogen-bond donors (Lipinski definition) is 8. The van der Waals surface area contributed by atoms with Gasteiger partial charge in [-0.2, -0.15) is 0 Å². The number of phenols is 1. The van der Waals surface area contributed by atoms with E-state index in [-0.39, 0.29) is 5.75 Å². The molecule has 56 heavy (non-hydrogen) atoms. The maximum Gasteiger partial charge on any atom is 0.329 e. The highest BCUT2D eigenvalue weighted by Crippen LogP contribution is 2.24. The number of aromatic hydroxyl groups is 1. The second-order valence-corrected chi connectivity index (χ2v) is 14.2. The second kappa shape index (κ2) is 22.6. The van der Waals surface area contributed by atoms with Crippen LogP contribution in [0.2, 0.25) is 0 Å². The number of nitrogens with two attached hydrogens (primary N) is 2. The highest BCUT2D eigenvalue weighted by Gasteiger charge is 2.39. The molecule has 1 aromatic rings. The maximum atomic E-state index is 13.8. The topological polar surface area (TPSA) is 278 Å². The molecule has 1 aliphatic rings. The van der Waals surface area contributed by atoms with Gasteiger partial charge in [-0.1, -0.05) is 82.7 Å². The lowest BCUT2D eigenvalue weighted by Gasteiger charge is -2.31. The van der Waals surface area contributed by atoms with Crippen LogP contribution in [-0.4, -0.2) is 88.7 Å². The summed E-state index contributed by atoms with van der Waals surface area (Å²) in [7, 11) is 0. The summed E-state index contributed by atoms with van der Waals surface area (Å²) < 4.78 is 6.19. The van der Waals surface area contributed by atoms with E-state index in [1.165, 1.54) is 13.0 Å². The third-order valence-corrected chi connectivity index (χ3v) is 9.14. The molecule has 1 heterocycles. The summed E-state index contributed by atoms with van der Waals surface area (Å²) in [6, 6.07) is -2.52. The van der Waals surface area contributed by atoms with Crippen LogP contribution in [0.3, 0.4) is 0 Å². The van der Waals surface area contributed by atoms with Crippen molar-refractivity contribution in [1.82, 2.24) is 26.6 Å². The molecule has 0 bridgehead atoms. The summed E-state index contributed by atoms with van der Waals surface area (Å²) in [5.74, 6) is -8.73. The summed E-state index contributed by atoms with van der Waals surface area (Å²) >= 11 is 3.26. The smallest absolute Gasteiger partial charge is 0.329 e. The molecule has 0 spiro atoms. The van der Waals surface area contributed by atoms with E-state index >= 15 is 0 Å². The molecule has 17 nitrogen and oxygen atoms in total. The Morgan fingerprint density at radius 3 is 1.91 bits per heavy atom. The largest absolute Gasteiger partial charge is 0.507 e. The van der Waals surface area contributed by atoms with Crippen LogP contribution in [0.4, 0.5) is 0 Å². The van der Waals surface area contributed by atoms with Gasteiger partial charge in [-0.25, -0.2) is 4.79 Å². The first kappa shape index (κ1) is 46.4. The van der Waals surface area contributed by atoms with Crippen molar-refractivity contribution >= 4 is 69.3 Å². The Balaban J connectivity index is 2.43. The van der Waals surface area contributed by atoms with Crippen LogP contribution < -0.4 is 38.1 Å². The zero-order valence-corrected chi connectivity index (χ0v) is 33.3. The van der Waals surface area contributed by atoms with E-state index < -0.39 is 108 Å². The van der Waals surface area contributed by atoms with E-state index in [4.69, 9.17) is 16.2 Å². The van der Waals surface area contributed by atoms with E-state index in [0.717, 1.165) is 11.6 Å². The number of halogens is 1. The fourth-order valence-electron chi connectivity index (χ4n) is 5.17. The SMILES string of the molecule is CCC(C)C1NC(=O)C(CC(N)=O)NC(=O)C(CC(N)=O)NC(=O)C(C(C)C)NC(=O)C(NC(=O)/C=C/C=C/C=C/C=C/c2ccc(O)c(Br)c2)C(C)OC1=O. The third kappa shape index (κ3) is 15.2. The Labute approximate surface area is 333 Å². The average molecular weight is 845 g/mol. The van der Waals surface area contributed by atoms with Gasteiger partial charge in [0.25, 0.3) is 0 Å². The van der Waals surface area contributed by atoms with Crippen molar-refractivity contribution < 1.29 is 48.2 Å². The van der Waals surface area contributed by atoms with Crippen molar-refractivity contribution in [3.63, 3.8) is 0 Å². The molecule has 1 fully saturated rings. The minimum Gasteiger partial charge on any atom is -0.507 e. The summed E-state index contributed by atoms with van der Waals surface area (Å²) in [6.45, 7) is 7.87. The Kier molecular flexibility index (Phi) is 18.7. The second-order valence-electron chi connectivity index (χ2n) is 13.4. The van der Waals surface area contributed by atoms with Crippen LogP contribution in [0.15, 0.2) is 65.2 Å². The molecule has 10 N–H and O–H groups in total. The van der Waals surface area contributed by atoms with Gasteiger partial charge in [0.15, 0.2) is 0 Å². The van der Waals surface area contributed by atoms with E-state index in [1.807, 2.05) is 6.08 Å². The fraction of sp³-hybridized carbons (Fsp3) is 0.421. The highest BCUT2D eigenvalue weighted by atomic mass is 79.9. The lowest BCUT2D eigenvalue weighted by molar-refractivity contribution is -0.157. The van der Waals surface area contributed by atoms with Crippen LogP contribution in [0.25, 0.3) is 6.08 Å². The van der Waals surface area contributed by atoms with Gasteiger partial charge in [0.2, 0.25) is 41.4 Å². The Morgan fingerprint density at radius 2 is 1.36 bits per heavy atom. The number of hydrogen-bond acceptors (Lipinski definition) is 10. The molecular formula is C38H50BrN7O10. The lowest BCUT2D eigenvalue weighted by Crippen LogP contribution is -2.62. The van der Waals surface area contributed by atoms with Gasteiger partial charge in [-0.15, -0.1) is 0 Å². The van der Waals surface area contributed by atoms with Crippen molar-refractivity contribution in [2.45, 2.75) is 90.2 Å². The number of phenolic OH excluding ortho intramolecular Hbond substituents is 1. The Morgan fingerprint density at radius 1 is 0.821 bits per heavy atom. The maximum absolute atomic E-state index is 13.8. The van der Waals surface area contributed by atoms with Gasteiger partial charge in [-0.05, 0) is 52.4 Å². The normalized spacial score (nSPS) is 23.8. The lowest BCUT2D eigenvalue weighted by atomic mass is 9.98. The number of ether oxygens (including phenoxy) is 1. The quantitative estimate of drug-likeness (QED) is 0.0780. The van der Waals surface area contributed by atoms with Crippen molar-refractivity contribution in [2.24, 2.45) is 23.3 Å². The van der Waals surface area contributed by atoms with Gasteiger partial charge >= 0.3 is 5.97 Å². The van der Waals surface area contributed by atoms with Crippen LogP contribution in [-0.2, 0) is 43.1 Å². The number of benzene rings is 1. The molecule has 7 atom stereocenters. The molecule has 7 amide bonds. The molecule has 0 aromatic heterocycles. The number of nitrogens with one attached hydrogen (secondary N) is 5. The van der Waals surface area contributed by atoms with Crippen molar-refractivity contribution in [2.75, 3.05) is 0 Å². The summed E-state index contributed by atoms with van der Waals surface area (Å²) in [6.07, 6.45) is 10.3. The zero-order valence-electron chi connectivity index (χ0n) is 31.7. The summed E-state index contributed by atoms with van der Waals surface area (Å²) in [4.78, 5) is 105. The fourth-order valence-corrected chi connectivity index (χ4v) is 5.57. The highest BCUT2D eigenvalue weighted by molar-refractivity contribution is 9.10. The first-order valence-corrected chi connectivity index (χ1v) is 18.6. The molecule has 304 valence electrons. The van der Waals surface area contributed by atoms with Crippen molar-refractivity contribution in [3.8, 4) is 5.75 Å². The van der Waals surface area contributed by atoms with E-state index in [0.29, 0.717) is 10.9 Å². The van der Waals surface area contributed by atoms with Gasteiger partial charge in [0.1, 0.15) is 42.1 Å². The number of esters is 1. The predicted molar refractivity (Wildman–Crippen MR) is 209 cm³/mol. The van der Waals surface area contributed by atoms with Crippen LogP contribution in [0, 0.1) is 11.8 Å². The molecule has 0 saturated carbocycles. The van der Waals surface area contributed by atoms with Crippen LogP contribution in [0.5, 0.6) is 5.75 Å². The monoisotopic (exact) mass is 843 g/mol. The standard InChI is InChI=1S/C38H50BrN7O10/c1-6-21(4)32-38(55)56-22(5)33(44-30(50)14-12-10-8-7-9-11-13-23-15-16-27(47)24(39)17-23)37(54)45-31(20(2)3)36(53)43-25(18-28(40)48)34(51)42-26(19-29(41)49)35(52)46-32/h7-17,20-22,25-26,31-33,47H,6,18-19H2,1-5H3,(H2,40,48)(H2,41,49)(H,42,51)(H,43,53)(H,44,50)(H,45,54)(H,46,52)/b9-7+,10-8+,13-11+,14-12+. The first-order chi connectivity index (χ1) is 26.3. The first-order valence-electron chi connectivity index (χ1n) is 17.8. The number of allylic oxidation sites excluding steroid dienone is 6. The van der Waals surface area contributed by atoms with Gasteiger partial charge in [0, 0.05) is 6.08 Å². The van der Waals surface area contributed by atoms with Crippen LogP contribution >= 0.6 is 15.9 Å². The van der Waals surface area contributed by atoms with E-state index in [9.17, 15) is 43.5 Å². The third-order valence-electron chi connectivity index (χ3n) is 8.50. The van der Waals surface area contributed by atoms with E-state index in [1.54, 1.807) is 76.3 Å². The number of cyclic esters (lactones) is 1. The number of amides is 7. The Bertz CT molecular complexity index is 1760. The number of rotatable bonds is 13. The summed E-state index contributed by atoms with van der Waals surface area (Å²) in [5.41, 5.74) is 11.5. The van der Waals surface area contributed by atoms with Gasteiger partial charge in [0.05, 0.1) is 17.3 Å². The van der Waals surface area contributed by atoms with Crippen molar-refractivity contribution in [3.05, 3.63) is 70.8 Å². The van der Waals surface area contributed by atoms with Gasteiger partial charge < -0.3 is 47.9 Å². The number of carbonyl (C=O) groups is 8. The molecule has 1 aromatic carbocycles. The molecule has 0 aliphatic carbocycles. The molecule has 2 rings (SSSR count). The van der Waals surface area contributed by atoms with Gasteiger partial charge in [-0.3, -0.25) is 33.6 Å². The number of carbonyl (C=O) groups excluding carboxylic acids is 8. The Hall–Kier alpha value is -5.78. The summed E-state index contributed by atoms with van der Waals surface area (Å²) in [5, 5.41) is 21.8. The molecular weight excluding hydrogens is 794 g/mol. The molecule has 1 aliphatic heterocycles. The average Bonchev–Trinajstić information content (AvgIpc) is 3.12.